The van der Waals surface area contributed by atoms with Crippen LogP contribution < -0.4 is 0 Å². The summed E-state index contributed by atoms with van der Waals surface area (Å²) >= 11 is 0. The molecular formula is C17H20N2O. The van der Waals surface area contributed by atoms with E-state index in [9.17, 15) is 4.79 Å². The summed E-state index contributed by atoms with van der Waals surface area (Å²) in [6, 6.07) is 6.43. The first-order valence-electron chi connectivity index (χ1n) is 6.81. The minimum absolute atomic E-state index is 0.0184. The lowest BCUT2D eigenvalue weighted by molar-refractivity contribution is 0.104. The van der Waals surface area contributed by atoms with E-state index in [1.54, 1.807) is 23.2 Å². The second-order valence-electron chi connectivity index (χ2n) is 5.34. The molecule has 0 aliphatic rings. The summed E-state index contributed by atoms with van der Waals surface area (Å²) in [6.07, 6.45) is 6.86. The third-order valence-corrected chi connectivity index (χ3v) is 3.37. The Kier molecular flexibility index (Phi) is 4.18. The van der Waals surface area contributed by atoms with Gasteiger partial charge >= 0.3 is 0 Å². The first kappa shape index (κ1) is 14.3. The predicted molar refractivity (Wildman–Crippen MR) is 81.9 cm³/mol. The quantitative estimate of drug-likeness (QED) is 0.621. The lowest BCUT2D eigenvalue weighted by atomic mass is 10.1. The maximum Gasteiger partial charge on any atom is 0.189 e. The van der Waals surface area contributed by atoms with Crippen LogP contribution in [0.25, 0.3) is 6.08 Å². The van der Waals surface area contributed by atoms with E-state index in [0.717, 1.165) is 5.56 Å². The number of carbonyl (C=O) groups excluding carboxylic acids is 1. The van der Waals surface area contributed by atoms with Crippen LogP contribution in [0.15, 0.2) is 36.7 Å². The minimum atomic E-state index is -0.0184. The summed E-state index contributed by atoms with van der Waals surface area (Å²) in [5.41, 5.74) is 4.15. The normalized spacial score (nSPS) is 11.4. The molecule has 0 radical (unpaired) electrons. The summed E-state index contributed by atoms with van der Waals surface area (Å²) < 4.78 is 1.79. The van der Waals surface area contributed by atoms with E-state index in [-0.39, 0.29) is 11.8 Å². The lowest BCUT2D eigenvalue weighted by Gasteiger charge is -2.02. The smallest absolute Gasteiger partial charge is 0.189 e. The standard InChI is InChI=1S/C17H20N2O/c1-12(2)19-11-16(10-18-19)17(20)8-7-15-6-5-13(3)14(4)9-15/h5-12H,1-4H3. The van der Waals surface area contributed by atoms with Crippen molar-refractivity contribution in [3.8, 4) is 0 Å². The number of benzene rings is 1. The average Bonchev–Trinajstić information content (AvgIpc) is 2.89. The van der Waals surface area contributed by atoms with E-state index in [4.69, 9.17) is 0 Å². The molecule has 0 bridgehead atoms. The number of allylic oxidation sites excluding steroid dienone is 1. The first-order chi connectivity index (χ1) is 9.47. The highest BCUT2D eigenvalue weighted by Crippen LogP contribution is 2.12. The number of hydrogen-bond donors (Lipinski definition) is 0. The van der Waals surface area contributed by atoms with Crippen LogP contribution in [0.3, 0.4) is 0 Å². The number of nitrogens with zero attached hydrogens (tertiary/aromatic N) is 2. The molecule has 3 heteroatoms. The van der Waals surface area contributed by atoms with Crippen LogP contribution in [0.1, 0.15) is 46.9 Å². The summed E-state index contributed by atoms with van der Waals surface area (Å²) in [4.78, 5) is 12.1. The topological polar surface area (TPSA) is 34.9 Å². The Balaban J connectivity index is 2.13. The van der Waals surface area contributed by atoms with Gasteiger partial charge in [-0.05, 0) is 50.5 Å². The van der Waals surface area contributed by atoms with Crippen LogP contribution >= 0.6 is 0 Å². The highest BCUT2D eigenvalue weighted by atomic mass is 16.1. The molecule has 1 aromatic heterocycles. The number of rotatable bonds is 4. The first-order valence-corrected chi connectivity index (χ1v) is 6.81. The van der Waals surface area contributed by atoms with Crippen molar-refractivity contribution in [3.05, 3.63) is 58.9 Å². The lowest BCUT2D eigenvalue weighted by Crippen LogP contribution is -2.00. The number of ketones is 1. The van der Waals surface area contributed by atoms with Gasteiger partial charge in [0, 0.05) is 12.2 Å². The van der Waals surface area contributed by atoms with Crippen molar-refractivity contribution in [2.45, 2.75) is 33.7 Å². The van der Waals surface area contributed by atoms with E-state index < -0.39 is 0 Å². The molecule has 20 heavy (non-hydrogen) atoms. The van der Waals surface area contributed by atoms with Crippen molar-refractivity contribution in [1.29, 1.82) is 0 Å². The predicted octanol–water partition coefficient (Wildman–Crippen LogP) is 3.98. The molecule has 0 spiro atoms. The molecular weight excluding hydrogens is 248 g/mol. The molecule has 2 aromatic rings. The fourth-order valence-corrected chi connectivity index (χ4v) is 1.88. The molecule has 0 fully saturated rings. The van der Waals surface area contributed by atoms with Gasteiger partial charge in [0.15, 0.2) is 5.78 Å². The largest absolute Gasteiger partial charge is 0.289 e. The van der Waals surface area contributed by atoms with Crippen LogP contribution in [-0.4, -0.2) is 15.6 Å². The van der Waals surface area contributed by atoms with Gasteiger partial charge in [0.05, 0.1) is 11.8 Å². The molecule has 0 aliphatic carbocycles. The third kappa shape index (κ3) is 3.23. The molecule has 2 rings (SSSR count). The molecule has 0 saturated carbocycles. The van der Waals surface area contributed by atoms with E-state index in [0.29, 0.717) is 5.56 Å². The average molecular weight is 268 g/mol. The molecule has 0 unspecified atom stereocenters. The van der Waals surface area contributed by atoms with Crippen LogP contribution in [0, 0.1) is 13.8 Å². The Morgan fingerprint density at radius 1 is 1.25 bits per heavy atom. The molecule has 1 heterocycles. The number of aryl methyl sites for hydroxylation is 2. The Labute approximate surface area is 119 Å². The van der Waals surface area contributed by atoms with Gasteiger partial charge in [-0.2, -0.15) is 5.10 Å². The van der Waals surface area contributed by atoms with Crippen molar-refractivity contribution in [1.82, 2.24) is 9.78 Å². The Hall–Kier alpha value is -2.16. The molecule has 1 aromatic carbocycles. The number of aromatic nitrogens is 2. The molecule has 0 saturated heterocycles. The van der Waals surface area contributed by atoms with Crippen molar-refractivity contribution in [2.24, 2.45) is 0 Å². The summed E-state index contributed by atoms with van der Waals surface area (Å²) in [6.45, 7) is 8.22. The molecule has 0 amide bonds. The maximum absolute atomic E-state index is 12.1. The van der Waals surface area contributed by atoms with E-state index >= 15 is 0 Å². The van der Waals surface area contributed by atoms with Crippen molar-refractivity contribution in [3.63, 3.8) is 0 Å². The number of carbonyl (C=O) groups is 1. The zero-order valence-electron chi connectivity index (χ0n) is 12.4. The van der Waals surface area contributed by atoms with Crippen molar-refractivity contribution in [2.75, 3.05) is 0 Å². The highest BCUT2D eigenvalue weighted by molar-refractivity contribution is 6.06. The van der Waals surface area contributed by atoms with Gasteiger partial charge in [-0.1, -0.05) is 24.3 Å². The van der Waals surface area contributed by atoms with Gasteiger partial charge in [0.2, 0.25) is 0 Å². The fraction of sp³-hybridized carbons (Fsp3) is 0.294. The van der Waals surface area contributed by atoms with E-state index in [1.165, 1.54) is 11.1 Å². The highest BCUT2D eigenvalue weighted by Gasteiger charge is 2.07. The molecule has 3 nitrogen and oxygen atoms in total. The van der Waals surface area contributed by atoms with Crippen LogP contribution in [0.5, 0.6) is 0 Å². The molecule has 0 N–H and O–H groups in total. The minimum Gasteiger partial charge on any atom is -0.289 e. The van der Waals surface area contributed by atoms with Gasteiger partial charge < -0.3 is 0 Å². The van der Waals surface area contributed by atoms with Gasteiger partial charge in [0.1, 0.15) is 0 Å². The van der Waals surface area contributed by atoms with Crippen molar-refractivity contribution >= 4 is 11.9 Å². The van der Waals surface area contributed by atoms with Gasteiger partial charge in [-0.25, -0.2) is 0 Å². The zero-order chi connectivity index (χ0) is 14.7. The van der Waals surface area contributed by atoms with Gasteiger partial charge in [0.25, 0.3) is 0 Å². The Bertz CT molecular complexity index is 651. The Morgan fingerprint density at radius 3 is 2.60 bits per heavy atom. The van der Waals surface area contributed by atoms with E-state index in [2.05, 4.69) is 31.1 Å². The zero-order valence-corrected chi connectivity index (χ0v) is 12.4. The SMILES string of the molecule is Cc1ccc(C=CC(=O)c2cnn(C(C)C)c2)cc1C. The summed E-state index contributed by atoms with van der Waals surface area (Å²) in [7, 11) is 0. The van der Waals surface area contributed by atoms with Crippen LogP contribution in [-0.2, 0) is 0 Å². The van der Waals surface area contributed by atoms with Crippen molar-refractivity contribution < 1.29 is 4.79 Å². The Morgan fingerprint density at radius 2 is 2.00 bits per heavy atom. The summed E-state index contributed by atoms with van der Waals surface area (Å²) in [5, 5.41) is 4.18. The molecule has 0 atom stereocenters. The van der Waals surface area contributed by atoms with Gasteiger partial charge in [-0.15, -0.1) is 0 Å². The number of hydrogen-bond acceptors (Lipinski definition) is 2. The van der Waals surface area contributed by atoms with Crippen LogP contribution in [0.2, 0.25) is 0 Å². The fourth-order valence-electron chi connectivity index (χ4n) is 1.88. The molecule has 104 valence electrons. The van der Waals surface area contributed by atoms with E-state index in [1.807, 2.05) is 26.0 Å². The molecule has 0 aliphatic heterocycles. The maximum atomic E-state index is 12.1. The third-order valence-electron chi connectivity index (χ3n) is 3.37. The van der Waals surface area contributed by atoms with Gasteiger partial charge in [-0.3, -0.25) is 9.48 Å². The summed E-state index contributed by atoms with van der Waals surface area (Å²) in [5.74, 6) is -0.0184. The second-order valence-corrected chi connectivity index (χ2v) is 5.34. The van der Waals surface area contributed by atoms with Crippen LogP contribution in [0.4, 0.5) is 0 Å². The monoisotopic (exact) mass is 268 g/mol. The second kappa shape index (κ2) is 5.87.